The molecule has 0 saturated carbocycles. The second-order valence-corrected chi connectivity index (χ2v) is 8.31. The first-order valence-corrected chi connectivity index (χ1v) is 10.1. The van der Waals surface area contributed by atoms with Crippen LogP contribution in [-0.4, -0.2) is 25.7 Å². The summed E-state index contributed by atoms with van der Waals surface area (Å²) in [7, 11) is 0. The highest BCUT2D eigenvalue weighted by molar-refractivity contribution is 7.23. The van der Waals surface area contributed by atoms with Gasteiger partial charge in [0, 0.05) is 11.9 Å². The first kappa shape index (κ1) is 17.8. The maximum absolute atomic E-state index is 12.4. The smallest absolute Gasteiger partial charge is 0.271 e. The highest BCUT2D eigenvalue weighted by Crippen LogP contribution is 2.32. The summed E-state index contributed by atoms with van der Waals surface area (Å²) in [6, 6.07) is 11.7. The number of halogens is 1. The molecule has 6 nitrogen and oxygen atoms in total. The molecule has 3 heterocycles. The molecule has 136 valence electrons. The number of carbonyl (C=O) groups is 1. The molecular formula is C18H14ClN5OS2. The summed E-state index contributed by atoms with van der Waals surface area (Å²) in [6.07, 6.45) is 3.19. The Kier molecular flexibility index (Phi) is 5.28. The van der Waals surface area contributed by atoms with Crippen molar-refractivity contribution in [2.75, 3.05) is 0 Å². The third-order valence-electron chi connectivity index (χ3n) is 3.78. The van der Waals surface area contributed by atoms with Gasteiger partial charge in [-0.15, -0.1) is 22.7 Å². The van der Waals surface area contributed by atoms with Gasteiger partial charge >= 0.3 is 0 Å². The van der Waals surface area contributed by atoms with E-state index in [-0.39, 0.29) is 5.91 Å². The van der Waals surface area contributed by atoms with Crippen molar-refractivity contribution in [2.24, 2.45) is 0 Å². The Labute approximate surface area is 168 Å². The molecule has 0 radical (unpaired) electrons. The largest absolute Gasteiger partial charge is 0.347 e. The van der Waals surface area contributed by atoms with Crippen LogP contribution in [0.2, 0.25) is 4.34 Å². The van der Waals surface area contributed by atoms with Crippen LogP contribution < -0.4 is 5.32 Å². The molecule has 1 amide bonds. The number of nitrogens with one attached hydrogen (secondary N) is 1. The van der Waals surface area contributed by atoms with Gasteiger partial charge in [0.15, 0.2) is 0 Å². The van der Waals surface area contributed by atoms with Crippen molar-refractivity contribution < 1.29 is 4.79 Å². The highest BCUT2D eigenvalue weighted by Gasteiger charge is 2.13. The lowest BCUT2D eigenvalue weighted by atomic mass is 10.1. The molecule has 0 aliphatic rings. The Hall–Kier alpha value is -2.55. The Morgan fingerprint density at radius 2 is 2.11 bits per heavy atom. The molecule has 0 aliphatic carbocycles. The Balaban J connectivity index is 1.38. The molecule has 0 saturated heterocycles. The van der Waals surface area contributed by atoms with E-state index in [0.717, 1.165) is 21.0 Å². The van der Waals surface area contributed by atoms with Crippen molar-refractivity contribution in [3.63, 3.8) is 0 Å². The van der Waals surface area contributed by atoms with Crippen LogP contribution >= 0.6 is 34.3 Å². The number of nitrogens with zero attached hydrogens (tertiary/aromatic N) is 4. The monoisotopic (exact) mass is 415 g/mol. The fourth-order valence-electron chi connectivity index (χ4n) is 2.53. The Morgan fingerprint density at radius 1 is 1.22 bits per heavy atom. The lowest BCUT2D eigenvalue weighted by Gasteiger charge is -2.06. The summed E-state index contributed by atoms with van der Waals surface area (Å²) in [6.45, 7) is 1.07. The first-order valence-electron chi connectivity index (χ1n) is 8.07. The molecule has 0 fully saturated rings. The van der Waals surface area contributed by atoms with Gasteiger partial charge in [-0.1, -0.05) is 35.9 Å². The molecule has 9 heteroatoms. The van der Waals surface area contributed by atoms with Crippen molar-refractivity contribution in [3.05, 3.63) is 75.6 Å². The lowest BCUT2D eigenvalue weighted by molar-refractivity contribution is 0.0946. The number of rotatable bonds is 6. The van der Waals surface area contributed by atoms with Crippen LogP contribution in [0, 0.1) is 0 Å². The van der Waals surface area contributed by atoms with Crippen LogP contribution in [0.5, 0.6) is 0 Å². The van der Waals surface area contributed by atoms with Crippen LogP contribution in [0.1, 0.15) is 21.6 Å². The van der Waals surface area contributed by atoms with Gasteiger partial charge in [0.05, 0.1) is 15.8 Å². The molecule has 1 aromatic carbocycles. The Morgan fingerprint density at radius 3 is 2.89 bits per heavy atom. The lowest BCUT2D eigenvalue weighted by Crippen LogP contribution is -2.23. The summed E-state index contributed by atoms with van der Waals surface area (Å²) >= 11 is 8.85. The van der Waals surface area contributed by atoms with Crippen LogP contribution in [0.15, 0.2) is 54.4 Å². The molecule has 4 rings (SSSR count). The van der Waals surface area contributed by atoms with E-state index in [1.807, 2.05) is 36.4 Å². The van der Waals surface area contributed by atoms with Crippen molar-refractivity contribution in [1.82, 2.24) is 25.1 Å². The van der Waals surface area contributed by atoms with Crippen LogP contribution in [-0.2, 0) is 13.1 Å². The summed E-state index contributed by atoms with van der Waals surface area (Å²) in [5, 5.41) is 9.59. The maximum atomic E-state index is 12.4. The van der Waals surface area contributed by atoms with Crippen molar-refractivity contribution in [2.45, 2.75) is 13.1 Å². The number of thiophene rings is 1. The predicted octanol–water partition coefficient (Wildman–Crippen LogP) is 4.09. The zero-order valence-corrected chi connectivity index (χ0v) is 16.4. The van der Waals surface area contributed by atoms with Gasteiger partial charge in [-0.05, 0) is 23.3 Å². The van der Waals surface area contributed by atoms with Crippen molar-refractivity contribution >= 4 is 40.2 Å². The molecule has 27 heavy (non-hydrogen) atoms. The summed E-state index contributed by atoms with van der Waals surface area (Å²) in [5.41, 5.74) is 2.53. The van der Waals surface area contributed by atoms with Crippen LogP contribution in [0.4, 0.5) is 0 Å². The minimum absolute atomic E-state index is 0.193. The highest BCUT2D eigenvalue weighted by atomic mass is 35.5. The molecular weight excluding hydrogens is 402 g/mol. The SMILES string of the molecule is O=C(NCc1cccc(Cn2cncn2)c1)c1csc(-c2ccc(Cl)s2)n1. The van der Waals surface area contributed by atoms with E-state index >= 15 is 0 Å². The molecule has 3 aromatic heterocycles. The fourth-order valence-corrected chi connectivity index (χ4v) is 4.45. The zero-order valence-electron chi connectivity index (χ0n) is 14.0. The molecule has 1 N–H and O–H groups in total. The molecule has 0 atom stereocenters. The van der Waals surface area contributed by atoms with Crippen molar-refractivity contribution in [3.8, 4) is 9.88 Å². The maximum Gasteiger partial charge on any atom is 0.271 e. The van der Waals surface area contributed by atoms with Crippen LogP contribution in [0.3, 0.4) is 0 Å². The molecule has 0 unspecified atom stereocenters. The summed E-state index contributed by atoms with van der Waals surface area (Å²) in [5.74, 6) is -0.193. The molecule has 0 bridgehead atoms. The number of carbonyl (C=O) groups excluding carboxylic acids is 1. The number of benzene rings is 1. The average Bonchev–Trinajstić information content (AvgIpc) is 3.41. The average molecular weight is 416 g/mol. The van der Waals surface area contributed by atoms with E-state index in [0.29, 0.717) is 23.1 Å². The van der Waals surface area contributed by atoms with E-state index in [1.54, 1.807) is 16.4 Å². The summed E-state index contributed by atoms with van der Waals surface area (Å²) < 4.78 is 2.46. The van der Waals surface area contributed by atoms with Gasteiger partial charge in [-0.25, -0.2) is 14.6 Å². The van der Waals surface area contributed by atoms with E-state index in [2.05, 4.69) is 20.4 Å². The fraction of sp³-hybridized carbons (Fsp3) is 0.111. The number of hydrogen-bond donors (Lipinski definition) is 1. The number of aromatic nitrogens is 4. The minimum Gasteiger partial charge on any atom is -0.347 e. The standard InChI is InChI=1S/C18H14ClN5OS2/c19-16-5-4-15(27-16)18-23-14(9-26-18)17(25)21-7-12-2-1-3-13(6-12)8-24-11-20-10-22-24/h1-6,9-11H,7-8H2,(H,21,25). The second kappa shape index (κ2) is 7.99. The molecule has 0 aliphatic heterocycles. The number of thiazole rings is 1. The van der Waals surface area contributed by atoms with E-state index in [4.69, 9.17) is 11.6 Å². The Bertz CT molecular complexity index is 1060. The third-order valence-corrected chi connectivity index (χ3v) is 6.02. The normalized spacial score (nSPS) is 10.9. The number of hydrogen-bond acceptors (Lipinski definition) is 6. The molecule has 4 aromatic rings. The van der Waals surface area contributed by atoms with Gasteiger partial charge < -0.3 is 5.32 Å². The van der Waals surface area contributed by atoms with Gasteiger partial charge in [-0.2, -0.15) is 5.10 Å². The predicted molar refractivity (Wildman–Crippen MR) is 107 cm³/mol. The first-order chi connectivity index (χ1) is 13.2. The van der Waals surface area contributed by atoms with E-state index < -0.39 is 0 Å². The zero-order chi connectivity index (χ0) is 18.6. The van der Waals surface area contributed by atoms with Gasteiger partial charge in [0.25, 0.3) is 5.91 Å². The topological polar surface area (TPSA) is 72.7 Å². The summed E-state index contributed by atoms with van der Waals surface area (Å²) in [4.78, 5) is 21.7. The number of amides is 1. The van der Waals surface area contributed by atoms with E-state index in [1.165, 1.54) is 29.0 Å². The van der Waals surface area contributed by atoms with Gasteiger partial charge in [0.2, 0.25) is 0 Å². The van der Waals surface area contributed by atoms with Gasteiger partial charge in [-0.3, -0.25) is 4.79 Å². The van der Waals surface area contributed by atoms with Crippen molar-refractivity contribution in [1.29, 1.82) is 0 Å². The quantitative estimate of drug-likeness (QED) is 0.514. The second-order valence-electron chi connectivity index (χ2n) is 5.74. The minimum atomic E-state index is -0.193. The van der Waals surface area contributed by atoms with E-state index in [9.17, 15) is 4.79 Å². The van der Waals surface area contributed by atoms with Gasteiger partial charge in [0.1, 0.15) is 23.4 Å². The van der Waals surface area contributed by atoms with Crippen LogP contribution in [0.25, 0.3) is 9.88 Å². The molecule has 0 spiro atoms. The third kappa shape index (κ3) is 4.41.